The van der Waals surface area contributed by atoms with Crippen LogP contribution in [0.4, 0.5) is 0 Å². The van der Waals surface area contributed by atoms with Crippen LogP contribution in [0.25, 0.3) is 0 Å². The molecule has 0 aliphatic heterocycles. The topological polar surface area (TPSA) is 106 Å². The van der Waals surface area contributed by atoms with Gasteiger partial charge in [0, 0.05) is 11.1 Å². The molecule has 0 atom stereocenters. The van der Waals surface area contributed by atoms with Crippen molar-refractivity contribution in [3.05, 3.63) is 23.8 Å². The third-order valence-corrected chi connectivity index (χ3v) is 2.63. The van der Waals surface area contributed by atoms with E-state index in [1.54, 1.807) is 26.8 Å². The zero-order valence-corrected chi connectivity index (χ0v) is 13.8. The molecule has 23 heavy (non-hydrogen) atoms. The molecular weight excluding hydrogens is 302 g/mol. The number of amides is 3. The molecule has 1 rings (SSSR count). The van der Waals surface area contributed by atoms with Gasteiger partial charge in [0.2, 0.25) is 0 Å². The lowest BCUT2D eigenvalue weighted by molar-refractivity contribution is -0.140. The summed E-state index contributed by atoms with van der Waals surface area (Å²) in [6.45, 7) is 5.21. The number of hydrazine groups is 1. The first kappa shape index (κ1) is 18.3. The number of hydrogen-bond donors (Lipinski definition) is 3. The van der Waals surface area contributed by atoms with E-state index in [-0.39, 0.29) is 5.56 Å². The monoisotopic (exact) mass is 323 g/mol. The van der Waals surface area contributed by atoms with Gasteiger partial charge >= 0.3 is 11.8 Å². The van der Waals surface area contributed by atoms with Crippen molar-refractivity contribution in [3.63, 3.8) is 0 Å². The maximum absolute atomic E-state index is 12.0. The second-order valence-electron chi connectivity index (χ2n) is 5.68. The van der Waals surface area contributed by atoms with Crippen molar-refractivity contribution >= 4 is 17.7 Å². The predicted octanol–water partition coefficient (Wildman–Crippen LogP) is 0.380. The number of carbonyl (C=O) groups is 3. The molecule has 0 saturated carbocycles. The van der Waals surface area contributed by atoms with E-state index < -0.39 is 23.3 Å². The van der Waals surface area contributed by atoms with Crippen LogP contribution < -0.4 is 25.6 Å². The number of hydrogen-bond acceptors (Lipinski definition) is 5. The van der Waals surface area contributed by atoms with Crippen molar-refractivity contribution in [2.24, 2.45) is 0 Å². The molecule has 3 N–H and O–H groups in total. The van der Waals surface area contributed by atoms with Gasteiger partial charge in [0.05, 0.1) is 14.2 Å². The molecule has 1 aromatic carbocycles. The summed E-state index contributed by atoms with van der Waals surface area (Å²) in [6, 6.07) is 4.51. The summed E-state index contributed by atoms with van der Waals surface area (Å²) in [5.74, 6) is -1.56. The minimum Gasteiger partial charge on any atom is -0.493 e. The Balaban J connectivity index is 2.67. The normalized spacial score (nSPS) is 10.5. The van der Waals surface area contributed by atoms with E-state index in [9.17, 15) is 14.4 Å². The SMILES string of the molecule is COc1ccc(C(=O)NNC(=O)C(=O)NC(C)(C)C)cc1OC. The standard InChI is InChI=1S/C15H21N3O5/c1-15(2,3)16-13(20)14(21)18-17-12(19)9-6-7-10(22-4)11(8-9)23-5/h6-8H,1-5H3,(H,16,20)(H,17,19)(H,18,21). The lowest BCUT2D eigenvalue weighted by Gasteiger charge is -2.19. The van der Waals surface area contributed by atoms with E-state index >= 15 is 0 Å². The van der Waals surface area contributed by atoms with Crippen LogP contribution in [-0.4, -0.2) is 37.5 Å². The quantitative estimate of drug-likeness (QED) is 0.551. The molecule has 0 saturated heterocycles. The van der Waals surface area contributed by atoms with E-state index in [2.05, 4.69) is 10.7 Å². The molecule has 8 heteroatoms. The van der Waals surface area contributed by atoms with Gasteiger partial charge in [-0.1, -0.05) is 0 Å². The van der Waals surface area contributed by atoms with Crippen LogP contribution in [0, 0.1) is 0 Å². The third kappa shape index (κ3) is 5.50. The van der Waals surface area contributed by atoms with Crippen molar-refractivity contribution in [2.45, 2.75) is 26.3 Å². The maximum Gasteiger partial charge on any atom is 0.327 e. The maximum atomic E-state index is 12.0. The number of carbonyl (C=O) groups excluding carboxylic acids is 3. The van der Waals surface area contributed by atoms with Gasteiger partial charge in [-0.15, -0.1) is 0 Å². The summed E-state index contributed by atoms with van der Waals surface area (Å²) in [6.07, 6.45) is 0. The average molecular weight is 323 g/mol. The van der Waals surface area contributed by atoms with E-state index in [1.165, 1.54) is 26.4 Å². The smallest absolute Gasteiger partial charge is 0.327 e. The first-order valence-corrected chi connectivity index (χ1v) is 6.83. The van der Waals surface area contributed by atoms with Gasteiger partial charge in [-0.2, -0.15) is 0 Å². The lowest BCUT2D eigenvalue weighted by atomic mass is 10.1. The summed E-state index contributed by atoms with van der Waals surface area (Å²) < 4.78 is 10.2. The fourth-order valence-corrected chi connectivity index (χ4v) is 1.62. The van der Waals surface area contributed by atoms with E-state index in [4.69, 9.17) is 9.47 Å². The molecule has 126 valence electrons. The summed E-state index contributed by atoms with van der Waals surface area (Å²) in [5, 5.41) is 2.48. The lowest BCUT2D eigenvalue weighted by Crippen LogP contribution is -2.52. The number of ether oxygens (including phenoxy) is 2. The Morgan fingerprint density at radius 1 is 0.913 bits per heavy atom. The fraction of sp³-hybridized carbons (Fsp3) is 0.400. The molecule has 0 spiro atoms. The highest BCUT2D eigenvalue weighted by molar-refractivity contribution is 6.35. The summed E-state index contributed by atoms with van der Waals surface area (Å²) in [7, 11) is 2.92. The zero-order chi connectivity index (χ0) is 17.6. The van der Waals surface area contributed by atoms with Crippen molar-refractivity contribution < 1.29 is 23.9 Å². The van der Waals surface area contributed by atoms with Crippen molar-refractivity contribution in [1.82, 2.24) is 16.2 Å². The molecule has 0 radical (unpaired) electrons. The van der Waals surface area contributed by atoms with Crippen molar-refractivity contribution in [2.75, 3.05) is 14.2 Å². The average Bonchev–Trinajstić information content (AvgIpc) is 2.49. The number of nitrogens with one attached hydrogen (secondary N) is 3. The molecule has 1 aromatic rings. The summed E-state index contributed by atoms with van der Waals surface area (Å²) in [4.78, 5) is 35.1. The van der Waals surface area contributed by atoms with E-state index in [0.717, 1.165) is 0 Å². The molecule has 0 bridgehead atoms. The van der Waals surface area contributed by atoms with Crippen molar-refractivity contribution in [3.8, 4) is 11.5 Å². The highest BCUT2D eigenvalue weighted by atomic mass is 16.5. The molecule has 0 unspecified atom stereocenters. The predicted molar refractivity (Wildman–Crippen MR) is 83.1 cm³/mol. The third-order valence-electron chi connectivity index (χ3n) is 2.63. The molecular formula is C15H21N3O5. The van der Waals surface area contributed by atoms with Crippen LogP contribution in [0.1, 0.15) is 31.1 Å². The molecule has 0 aliphatic carbocycles. The van der Waals surface area contributed by atoms with Gasteiger partial charge in [-0.05, 0) is 39.0 Å². The van der Waals surface area contributed by atoms with Crippen LogP contribution >= 0.6 is 0 Å². The molecule has 0 aliphatic rings. The zero-order valence-electron chi connectivity index (χ0n) is 13.8. The van der Waals surface area contributed by atoms with Gasteiger partial charge in [0.15, 0.2) is 11.5 Å². The van der Waals surface area contributed by atoms with Gasteiger partial charge in [0.25, 0.3) is 5.91 Å². The second kappa shape index (κ2) is 7.48. The highest BCUT2D eigenvalue weighted by Crippen LogP contribution is 2.27. The number of rotatable bonds is 3. The Hall–Kier alpha value is -2.77. The Bertz CT molecular complexity index is 608. The Labute approximate surface area is 134 Å². The largest absolute Gasteiger partial charge is 0.493 e. The minimum absolute atomic E-state index is 0.235. The second-order valence-corrected chi connectivity index (χ2v) is 5.68. The number of benzene rings is 1. The summed E-state index contributed by atoms with van der Waals surface area (Å²) in [5.41, 5.74) is 3.89. The van der Waals surface area contributed by atoms with Gasteiger partial charge in [0.1, 0.15) is 0 Å². The van der Waals surface area contributed by atoms with Gasteiger partial charge in [-0.25, -0.2) is 0 Å². The number of methoxy groups -OCH3 is 2. The molecule has 0 heterocycles. The van der Waals surface area contributed by atoms with Gasteiger partial charge < -0.3 is 14.8 Å². The van der Waals surface area contributed by atoms with Crippen LogP contribution in [0.2, 0.25) is 0 Å². The van der Waals surface area contributed by atoms with Crippen LogP contribution in [0.15, 0.2) is 18.2 Å². The van der Waals surface area contributed by atoms with Crippen LogP contribution in [0.3, 0.4) is 0 Å². The first-order valence-electron chi connectivity index (χ1n) is 6.83. The first-order chi connectivity index (χ1) is 10.7. The summed E-state index contributed by atoms with van der Waals surface area (Å²) >= 11 is 0. The Morgan fingerprint density at radius 2 is 1.52 bits per heavy atom. The van der Waals surface area contributed by atoms with Crippen molar-refractivity contribution in [1.29, 1.82) is 0 Å². The van der Waals surface area contributed by atoms with Crippen LogP contribution in [-0.2, 0) is 9.59 Å². The Morgan fingerprint density at radius 3 is 2.04 bits per heavy atom. The van der Waals surface area contributed by atoms with Gasteiger partial charge in [-0.3, -0.25) is 25.2 Å². The molecule has 8 nitrogen and oxygen atoms in total. The molecule has 0 aromatic heterocycles. The fourth-order valence-electron chi connectivity index (χ4n) is 1.62. The van der Waals surface area contributed by atoms with Crippen LogP contribution in [0.5, 0.6) is 11.5 Å². The molecule has 0 fully saturated rings. The molecule has 3 amide bonds. The van der Waals surface area contributed by atoms with E-state index in [0.29, 0.717) is 11.5 Å². The Kier molecular flexibility index (Phi) is 5.94. The highest BCUT2D eigenvalue weighted by Gasteiger charge is 2.20. The van der Waals surface area contributed by atoms with E-state index in [1.807, 2.05) is 5.43 Å². The minimum atomic E-state index is -0.964.